The Morgan fingerprint density at radius 2 is 1.81 bits per heavy atom. The quantitative estimate of drug-likeness (QED) is 0.362. The largest absolute Gasteiger partial charge is 0.508 e. The van der Waals surface area contributed by atoms with Crippen molar-refractivity contribution in [3.8, 4) is 28.8 Å². The molecule has 5 aromatic rings. The summed E-state index contributed by atoms with van der Waals surface area (Å²) in [5, 5.41) is 25.1. The predicted molar refractivity (Wildman–Crippen MR) is 141 cm³/mol. The Morgan fingerprint density at radius 3 is 2.62 bits per heavy atom. The van der Waals surface area contributed by atoms with Gasteiger partial charge in [-0.15, -0.1) is 0 Å². The van der Waals surface area contributed by atoms with Gasteiger partial charge in [-0.25, -0.2) is 14.6 Å². The number of aromatic nitrogens is 4. The van der Waals surface area contributed by atoms with Gasteiger partial charge in [-0.3, -0.25) is 0 Å². The van der Waals surface area contributed by atoms with Crippen LogP contribution < -0.4 is 10.5 Å². The number of phenols is 1. The van der Waals surface area contributed by atoms with Gasteiger partial charge in [0, 0.05) is 11.1 Å². The molecule has 180 valence electrons. The molecule has 0 aliphatic carbocycles. The minimum Gasteiger partial charge on any atom is -0.508 e. The second-order valence-corrected chi connectivity index (χ2v) is 8.86. The molecule has 1 atom stereocenters. The van der Waals surface area contributed by atoms with Crippen LogP contribution in [0.5, 0.6) is 11.5 Å². The SMILES string of the molecule is CC(C1=C(c2ccccc2)c2ccccc2OC1)n1nc(-c2cc(O)cc(C#N)c2)c2c(N)ncnc21. The average Bonchev–Trinajstić information content (AvgIpc) is 3.33. The van der Waals surface area contributed by atoms with E-state index in [1.807, 2.05) is 48.0 Å². The topological polar surface area (TPSA) is 123 Å². The molecule has 0 radical (unpaired) electrons. The number of fused-ring (bicyclic) bond motifs is 2. The summed E-state index contributed by atoms with van der Waals surface area (Å²) in [5.74, 6) is 1.06. The Balaban J connectivity index is 1.60. The maximum Gasteiger partial charge on any atom is 0.164 e. The fourth-order valence-corrected chi connectivity index (χ4v) is 4.90. The maximum atomic E-state index is 10.2. The highest BCUT2D eigenvalue weighted by molar-refractivity contribution is 5.98. The molecule has 8 heteroatoms. The van der Waals surface area contributed by atoms with Crippen LogP contribution in [0.3, 0.4) is 0 Å². The summed E-state index contributed by atoms with van der Waals surface area (Å²) in [6.45, 7) is 2.43. The average molecular weight is 487 g/mol. The number of nitrogens with zero attached hydrogens (tertiary/aromatic N) is 5. The first-order valence-corrected chi connectivity index (χ1v) is 11.8. The van der Waals surface area contributed by atoms with E-state index in [4.69, 9.17) is 15.6 Å². The molecule has 0 fully saturated rings. The summed E-state index contributed by atoms with van der Waals surface area (Å²) in [4.78, 5) is 8.71. The number of phenolic OH excluding ortho intramolecular Hbond substituents is 1. The minimum atomic E-state index is -0.262. The normalized spacial score (nSPS) is 13.6. The predicted octanol–water partition coefficient (Wildman–Crippen LogP) is 5.11. The summed E-state index contributed by atoms with van der Waals surface area (Å²) >= 11 is 0. The van der Waals surface area contributed by atoms with E-state index in [2.05, 4.69) is 34.2 Å². The number of anilines is 1. The second-order valence-electron chi connectivity index (χ2n) is 8.86. The molecular weight excluding hydrogens is 464 g/mol. The zero-order valence-electron chi connectivity index (χ0n) is 20.0. The highest BCUT2D eigenvalue weighted by Crippen LogP contribution is 2.42. The Kier molecular flexibility index (Phi) is 5.31. The highest BCUT2D eigenvalue weighted by Gasteiger charge is 2.29. The maximum absolute atomic E-state index is 10.2. The highest BCUT2D eigenvalue weighted by atomic mass is 16.5. The van der Waals surface area contributed by atoms with Gasteiger partial charge < -0.3 is 15.6 Å². The van der Waals surface area contributed by atoms with Gasteiger partial charge in [0.2, 0.25) is 0 Å². The molecule has 3 N–H and O–H groups in total. The summed E-state index contributed by atoms with van der Waals surface area (Å²) < 4.78 is 7.99. The molecule has 37 heavy (non-hydrogen) atoms. The zero-order valence-corrected chi connectivity index (χ0v) is 20.0. The van der Waals surface area contributed by atoms with Crippen molar-refractivity contribution in [2.75, 3.05) is 12.3 Å². The number of hydrogen-bond donors (Lipinski definition) is 2. The number of benzene rings is 3. The first kappa shape index (κ1) is 22.3. The van der Waals surface area contributed by atoms with E-state index in [0.29, 0.717) is 34.5 Å². The minimum absolute atomic E-state index is 0.0356. The molecule has 6 rings (SSSR count). The van der Waals surface area contributed by atoms with Crippen LogP contribution in [0.2, 0.25) is 0 Å². The first-order valence-electron chi connectivity index (χ1n) is 11.8. The van der Waals surface area contributed by atoms with E-state index in [9.17, 15) is 10.4 Å². The fourth-order valence-electron chi connectivity index (χ4n) is 4.90. The molecule has 0 saturated carbocycles. The summed E-state index contributed by atoms with van der Waals surface area (Å²) in [5.41, 5.74) is 12.4. The zero-order chi connectivity index (χ0) is 25.5. The van der Waals surface area contributed by atoms with Crippen LogP contribution in [0, 0.1) is 11.3 Å². The molecule has 0 spiro atoms. The van der Waals surface area contributed by atoms with Crippen molar-refractivity contribution in [1.82, 2.24) is 19.7 Å². The number of rotatable bonds is 4. The molecule has 0 saturated heterocycles. The molecule has 3 aromatic carbocycles. The van der Waals surface area contributed by atoms with Crippen LogP contribution >= 0.6 is 0 Å². The molecule has 3 heterocycles. The fraction of sp³-hybridized carbons (Fsp3) is 0.103. The van der Waals surface area contributed by atoms with Gasteiger partial charge in [0.15, 0.2) is 5.65 Å². The van der Waals surface area contributed by atoms with Crippen molar-refractivity contribution in [2.24, 2.45) is 0 Å². The summed E-state index contributed by atoms with van der Waals surface area (Å²) in [6.07, 6.45) is 1.41. The van der Waals surface area contributed by atoms with Crippen molar-refractivity contribution in [1.29, 1.82) is 5.26 Å². The van der Waals surface area contributed by atoms with Crippen molar-refractivity contribution in [3.05, 3.63) is 101 Å². The van der Waals surface area contributed by atoms with Crippen LogP contribution in [0.25, 0.3) is 27.9 Å². The molecule has 1 aliphatic heterocycles. The summed E-state index contributed by atoms with van der Waals surface area (Å²) in [7, 11) is 0. The van der Waals surface area contributed by atoms with Gasteiger partial charge in [0.05, 0.1) is 23.1 Å². The lowest BCUT2D eigenvalue weighted by atomic mass is 9.88. The van der Waals surface area contributed by atoms with E-state index in [0.717, 1.165) is 28.0 Å². The molecule has 0 bridgehead atoms. The molecule has 1 aliphatic rings. The van der Waals surface area contributed by atoms with E-state index >= 15 is 0 Å². The Labute approximate surface area is 212 Å². The number of nitriles is 1. The Hall–Kier alpha value is -5.16. The lowest BCUT2D eigenvalue weighted by molar-refractivity contribution is 0.327. The van der Waals surface area contributed by atoms with E-state index in [-0.39, 0.29) is 17.6 Å². The molecular formula is C29H22N6O2. The van der Waals surface area contributed by atoms with Crippen molar-refractivity contribution in [3.63, 3.8) is 0 Å². The van der Waals surface area contributed by atoms with Gasteiger partial charge in [-0.2, -0.15) is 10.4 Å². The third kappa shape index (κ3) is 3.74. The number of nitrogens with two attached hydrogens (primary N) is 1. The van der Waals surface area contributed by atoms with Crippen LogP contribution in [0.15, 0.2) is 84.7 Å². The van der Waals surface area contributed by atoms with E-state index < -0.39 is 0 Å². The van der Waals surface area contributed by atoms with Crippen molar-refractivity contribution < 1.29 is 9.84 Å². The van der Waals surface area contributed by atoms with Crippen LogP contribution in [0.1, 0.15) is 29.7 Å². The third-order valence-electron chi connectivity index (χ3n) is 6.63. The summed E-state index contributed by atoms with van der Waals surface area (Å²) in [6, 6.07) is 24.7. The van der Waals surface area contributed by atoms with Crippen LogP contribution in [0.4, 0.5) is 5.82 Å². The van der Waals surface area contributed by atoms with Gasteiger partial charge in [-0.05, 0) is 47.9 Å². The van der Waals surface area contributed by atoms with Gasteiger partial charge in [-0.1, -0.05) is 48.5 Å². The number of hydrogen-bond acceptors (Lipinski definition) is 7. The standard InChI is InChI=1S/C29H22N6O2/c1-17(23-15-37-24-10-6-5-9-22(24)25(23)19-7-3-2-4-8-19)35-29-26(28(31)32-16-33-29)27(34-35)20-11-18(14-30)12-21(36)13-20/h2-13,16-17,36H,15H2,1H3,(H2,31,32,33). The smallest absolute Gasteiger partial charge is 0.164 e. The second kappa shape index (κ2) is 8.81. The van der Waals surface area contributed by atoms with Gasteiger partial charge in [0.1, 0.15) is 35.9 Å². The number of nitrogen functional groups attached to an aromatic ring is 1. The van der Waals surface area contributed by atoms with Crippen LogP contribution in [-0.4, -0.2) is 31.5 Å². The van der Waals surface area contributed by atoms with Crippen molar-refractivity contribution in [2.45, 2.75) is 13.0 Å². The Bertz CT molecular complexity index is 1730. The van der Waals surface area contributed by atoms with Crippen molar-refractivity contribution >= 4 is 22.4 Å². The lowest BCUT2D eigenvalue weighted by Gasteiger charge is -2.28. The number of para-hydroxylation sites is 1. The van der Waals surface area contributed by atoms with E-state index in [1.165, 1.54) is 12.4 Å². The van der Waals surface area contributed by atoms with Crippen LogP contribution in [-0.2, 0) is 0 Å². The molecule has 2 aromatic heterocycles. The first-order chi connectivity index (χ1) is 18.0. The number of aromatic hydroxyl groups is 1. The van der Waals surface area contributed by atoms with Gasteiger partial charge >= 0.3 is 0 Å². The number of ether oxygens (including phenoxy) is 1. The van der Waals surface area contributed by atoms with E-state index in [1.54, 1.807) is 12.1 Å². The lowest BCUT2D eigenvalue weighted by Crippen LogP contribution is -2.21. The molecule has 1 unspecified atom stereocenters. The molecule has 8 nitrogen and oxygen atoms in total. The Morgan fingerprint density at radius 1 is 1.03 bits per heavy atom. The molecule has 0 amide bonds. The third-order valence-corrected chi connectivity index (χ3v) is 6.63. The van der Waals surface area contributed by atoms with Gasteiger partial charge in [0.25, 0.3) is 0 Å². The monoisotopic (exact) mass is 486 g/mol.